The first-order valence-electron chi connectivity index (χ1n) is 7.71. The van der Waals surface area contributed by atoms with Crippen molar-refractivity contribution in [2.24, 2.45) is 0 Å². The number of ether oxygens (including phenoxy) is 2. The molecule has 0 unspecified atom stereocenters. The van der Waals surface area contributed by atoms with Crippen LogP contribution >= 0.6 is 0 Å². The van der Waals surface area contributed by atoms with Gasteiger partial charge in [-0.05, 0) is 29.2 Å². The number of carbonyl (C=O) groups is 1. The Morgan fingerprint density at radius 3 is 2.13 bits per heavy atom. The minimum absolute atomic E-state index is 0.166. The van der Waals surface area contributed by atoms with Crippen LogP contribution in [-0.2, 0) is 14.3 Å². The van der Waals surface area contributed by atoms with E-state index >= 15 is 0 Å². The standard InChI is InChI=1S/C19H17NO3/c1-12-18(23-11-10-22-12)19(21)20-17-15-8-4-2-6-13(15)14-7-3-5-9-16(14)17/h2-9,17H,10-11H2,1H3,(H,20,21). The van der Waals surface area contributed by atoms with Gasteiger partial charge in [0.25, 0.3) is 5.91 Å². The average molecular weight is 307 g/mol. The molecule has 0 saturated heterocycles. The maximum atomic E-state index is 12.6. The molecule has 4 heteroatoms. The van der Waals surface area contributed by atoms with Crippen LogP contribution in [0, 0.1) is 0 Å². The molecule has 4 rings (SSSR count). The summed E-state index contributed by atoms with van der Waals surface area (Å²) < 4.78 is 10.9. The number of nitrogens with one attached hydrogen (secondary N) is 1. The van der Waals surface area contributed by atoms with Crippen molar-refractivity contribution in [1.29, 1.82) is 0 Å². The monoisotopic (exact) mass is 307 g/mol. The van der Waals surface area contributed by atoms with Crippen LogP contribution in [0.4, 0.5) is 0 Å². The molecule has 2 aromatic rings. The van der Waals surface area contributed by atoms with Crippen LogP contribution in [0.5, 0.6) is 0 Å². The fourth-order valence-electron chi connectivity index (χ4n) is 3.24. The summed E-state index contributed by atoms with van der Waals surface area (Å²) in [6, 6.07) is 16.1. The van der Waals surface area contributed by atoms with Crippen molar-refractivity contribution in [3.8, 4) is 11.1 Å². The molecule has 0 bridgehead atoms. The third kappa shape index (κ3) is 2.27. The SMILES string of the molecule is CC1=C(C(=O)NC2c3ccccc3-c3ccccc32)OCCO1. The molecule has 1 heterocycles. The summed E-state index contributed by atoms with van der Waals surface area (Å²) in [7, 11) is 0. The summed E-state index contributed by atoms with van der Waals surface area (Å²) in [6.07, 6.45) is 0. The number of benzene rings is 2. The Balaban J connectivity index is 1.71. The molecule has 0 saturated carbocycles. The molecule has 4 nitrogen and oxygen atoms in total. The molecule has 0 fully saturated rings. The second-order valence-corrected chi connectivity index (χ2v) is 5.66. The van der Waals surface area contributed by atoms with E-state index in [0.717, 1.165) is 11.1 Å². The van der Waals surface area contributed by atoms with Gasteiger partial charge in [-0.2, -0.15) is 0 Å². The smallest absolute Gasteiger partial charge is 0.290 e. The Kier molecular flexibility index (Phi) is 3.30. The number of hydrogen-bond acceptors (Lipinski definition) is 3. The quantitative estimate of drug-likeness (QED) is 0.927. The molecular formula is C19H17NO3. The van der Waals surface area contributed by atoms with Crippen LogP contribution in [0.3, 0.4) is 0 Å². The Labute approximate surface area is 134 Å². The van der Waals surface area contributed by atoms with Gasteiger partial charge in [0.15, 0.2) is 0 Å². The van der Waals surface area contributed by atoms with Gasteiger partial charge in [0, 0.05) is 0 Å². The highest BCUT2D eigenvalue weighted by atomic mass is 16.6. The largest absolute Gasteiger partial charge is 0.491 e. The molecule has 0 spiro atoms. The van der Waals surface area contributed by atoms with E-state index in [1.807, 2.05) is 24.3 Å². The number of amides is 1. The predicted molar refractivity (Wildman–Crippen MR) is 86.5 cm³/mol. The van der Waals surface area contributed by atoms with E-state index in [2.05, 4.69) is 29.6 Å². The van der Waals surface area contributed by atoms with E-state index in [-0.39, 0.29) is 17.7 Å². The summed E-state index contributed by atoms with van der Waals surface area (Å²) in [5.74, 6) is 0.574. The molecule has 116 valence electrons. The molecule has 0 atom stereocenters. The second-order valence-electron chi connectivity index (χ2n) is 5.66. The molecule has 1 aliphatic carbocycles. The molecule has 1 aliphatic heterocycles. The second kappa shape index (κ2) is 5.47. The maximum absolute atomic E-state index is 12.6. The first-order chi connectivity index (χ1) is 11.3. The topological polar surface area (TPSA) is 47.6 Å². The zero-order chi connectivity index (χ0) is 15.8. The highest BCUT2D eigenvalue weighted by molar-refractivity contribution is 5.93. The van der Waals surface area contributed by atoms with E-state index in [4.69, 9.17) is 9.47 Å². The summed E-state index contributed by atoms with van der Waals surface area (Å²) in [6.45, 7) is 2.64. The number of allylic oxidation sites excluding steroid dienone is 1. The minimum atomic E-state index is -0.237. The van der Waals surface area contributed by atoms with Crippen molar-refractivity contribution in [2.75, 3.05) is 13.2 Å². The highest BCUT2D eigenvalue weighted by Crippen LogP contribution is 2.43. The van der Waals surface area contributed by atoms with Crippen molar-refractivity contribution in [1.82, 2.24) is 5.32 Å². The average Bonchev–Trinajstić information content (AvgIpc) is 2.90. The zero-order valence-corrected chi connectivity index (χ0v) is 12.8. The van der Waals surface area contributed by atoms with Crippen LogP contribution < -0.4 is 5.32 Å². The van der Waals surface area contributed by atoms with E-state index in [1.54, 1.807) is 6.92 Å². The van der Waals surface area contributed by atoms with Gasteiger partial charge in [-0.15, -0.1) is 0 Å². The van der Waals surface area contributed by atoms with E-state index < -0.39 is 0 Å². The van der Waals surface area contributed by atoms with Gasteiger partial charge in [-0.25, -0.2) is 0 Å². The summed E-state index contributed by atoms with van der Waals surface area (Å²) in [5, 5.41) is 3.09. The maximum Gasteiger partial charge on any atom is 0.290 e. The minimum Gasteiger partial charge on any atom is -0.491 e. The lowest BCUT2D eigenvalue weighted by Crippen LogP contribution is -2.32. The number of fused-ring (bicyclic) bond motifs is 3. The van der Waals surface area contributed by atoms with E-state index in [9.17, 15) is 4.79 Å². The molecule has 0 radical (unpaired) electrons. The molecule has 2 aliphatic rings. The summed E-state index contributed by atoms with van der Waals surface area (Å²) >= 11 is 0. The Bertz CT molecular complexity index is 764. The van der Waals surface area contributed by atoms with Gasteiger partial charge < -0.3 is 14.8 Å². The summed E-state index contributed by atoms with van der Waals surface area (Å²) in [4.78, 5) is 12.6. The van der Waals surface area contributed by atoms with Crippen molar-refractivity contribution >= 4 is 5.91 Å². The zero-order valence-electron chi connectivity index (χ0n) is 12.8. The van der Waals surface area contributed by atoms with Crippen molar-refractivity contribution < 1.29 is 14.3 Å². The number of carbonyl (C=O) groups excluding carboxylic acids is 1. The Morgan fingerprint density at radius 1 is 0.957 bits per heavy atom. The normalized spacial score (nSPS) is 16.2. The van der Waals surface area contributed by atoms with E-state index in [0.29, 0.717) is 19.0 Å². The van der Waals surface area contributed by atoms with Gasteiger partial charge in [0.1, 0.15) is 19.0 Å². The molecule has 1 N–H and O–H groups in total. The fourth-order valence-corrected chi connectivity index (χ4v) is 3.24. The van der Waals surface area contributed by atoms with Crippen molar-refractivity contribution in [2.45, 2.75) is 13.0 Å². The van der Waals surface area contributed by atoms with Crippen LogP contribution in [0.1, 0.15) is 24.1 Å². The fraction of sp³-hybridized carbons (Fsp3) is 0.211. The third-order valence-electron chi connectivity index (χ3n) is 4.28. The predicted octanol–water partition coefficient (Wildman–Crippen LogP) is 3.15. The molecule has 0 aromatic heterocycles. The van der Waals surface area contributed by atoms with Crippen molar-refractivity contribution in [3.05, 3.63) is 71.2 Å². The lowest BCUT2D eigenvalue weighted by atomic mass is 10.1. The molecular weight excluding hydrogens is 290 g/mol. The Morgan fingerprint density at radius 2 is 1.52 bits per heavy atom. The first-order valence-corrected chi connectivity index (χ1v) is 7.71. The van der Waals surface area contributed by atoms with Crippen LogP contribution in [-0.4, -0.2) is 19.1 Å². The number of rotatable bonds is 2. The van der Waals surface area contributed by atoms with Gasteiger partial charge in [-0.1, -0.05) is 48.5 Å². The van der Waals surface area contributed by atoms with Crippen LogP contribution in [0.25, 0.3) is 11.1 Å². The summed E-state index contributed by atoms with van der Waals surface area (Å²) in [5.41, 5.74) is 4.55. The van der Waals surface area contributed by atoms with Gasteiger partial charge in [-0.3, -0.25) is 4.79 Å². The molecule has 23 heavy (non-hydrogen) atoms. The highest BCUT2D eigenvalue weighted by Gasteiger charge is 2.31. The van der Waals surface area contributed by atoms with Crippen LogP contribution in [0.2, 0.25) is 0 Å². The van der Waals surface area contributed by atoms with Crippen LogP contribution in [0.15, 0.2) is 60.0 Å². The van der Waals surface area contributed by atoms with Crippen molar-refractivity contribution in [3.63, 3.8) is 0 Å². The molecule has 1 amide bonds. The lowest BCUT2D eigenvalue weighted by Gasteiger charge is -2.22. The van der Waals surface area contributed by atoms with Gasteiger partial charge >= 0.3 is 0 Å². The van der Waals surface area contributed by atoms with E-state index in [1.165, 1.54) is 11.1 Å². The molecule has 2 aromatic carbocycles. The lowest BCUT2D eigenvalue weighted by molar-refractivity contribution is -0.123. The number of hydrogen-bond donors (Lipinski definition) is 1. The van der Waals surface area contributed by atoms with Gasteiger partial charge in [0.2, 0.25) is 5.76 Å². The Hall–Kier alpha value is -2.75. The first kappa shape index (κ1) is 13.9. The third-order valence-corrected chi connectivity index (χ3v) is 4.28. The van der Waals surface area contributed by atoms with Gasteiger partial charge in [0.05, 0.1) is 6.04 Å².